The average Bonchev–Trinajstić information content (AvgIpc) is 3.27. The summed E-state index contributed by atoms with van der Waals surface area (Å²) in [7, 11) is 0. The van der Waals surface area contributed by atoms with Crippen molar-refractivity contribution in [1.82, 2.24) is 0 Å². The Morgan fingerprint density at radius 1 is 0.724 bits per heavy atom. The van der Waals surface area contributed by atoms with Crippen LogP contribution in [0.5, 0.6) is 0 Å². The number of rotatable bonds is 13. The highest BCUT2D eigenvalue weighted by Crippen LogP contribution is 2.46. The zero-order valence-corrected chi connectivity index (χ0v) is 20.5. The van der Waals surface area contributed by atoms with Gasteiger partial charge >= 0.3 is 0 Å². The minimum atomic E-state index is 0.958. The molecule has 2 heterocycles. The van der Waals surface area contributed by atoms with Crippen molar-refractivity contribution in [2.75, 3.05) is 0 Å². The average molecular weight is 447 g/mol. The molecule has 29 heavy (non-hydrogen) atoms. The number of hydrogen-bond donors (Lipinski definition) is 0. The Balaban J connectivity index is 1.58. The first-order valence-corrected chi connectivity index (χ1v) is 13.5. The fourth-order valence-corrected chi connectivity index (χ4v) is 6.86. The third kappa shape index (κ3) is 6.57. The second-order valence-corrected chi connectivity index (χ2v) is 10.7. The Kier molecular flexibility index (Phi) is 9.55. The van der Waals surface area contributed by atoms with E-state index in [2.05, 4.69) is 44.2 Å². The summed E-state index contributed by atoms with van der Waals surface area (Å²) >= 11 is 10.6. The van der Waals surface area contributed by atoms with Crippen molar-refractivity contribution in [2.24, 2.45) is 0 Å². The van der Waals surface area contributed by atoms with Crippen molar-refractivity contribution in [3.8, 4) is 10.4 Å². The van der Waals surface area contributed by atoms with E-state index in [1.807, 2.05) is 22.7 Å². The van der Waals surface area contributed by atoms with Gasteiger partial charge in [-0.05, 0) is 42.9 Å². The molecule has 0 amide bonds. The molecule has 0 fully saturated rings. The van der Waals surface area contributed by atoms with Gasteiger partial charge in [0.05, 0.1) is 14.6 Å². The normalized spacial score (nSPS) is 11.6. The maximum atomic E-state index is 6.80. The molecule has 2 aromatic heterocycles. The zero-order chi connectivity index (χ0) is 20.5. The topological polar surface area (TPSA) is 0 Å². The number of hydrogen-bond acceptors (Lipinski definition) is 2. The van der Waals surface area contributed by atoms with E-state index in [9.17, 15) is 0 Å². The maximum absolute atomic E-state index is 6.80. The predicted octanol–water partition coefficient (Wildman–Crippen LogP) is 10.3. The van der Waals surface area contributed by atoms with Gasteiger partial charge in [-0.3, -0.25) is 0 Å². The molecule has 0 aliphatic heterocycles. The molecule has 3 rings (SSSR count). The van der Waals surface area contributed by atoms with Crippen molar-refractivity contribution >= 4 is 43.7 Å². The highest BCUT2D eigenvalue weighted by molar-refractivity contribution is 7.30. The second-order valence-electron chi connectivity index (χ2n) is 8.18. The quantitative estimate of drug-likeness (QED) is 0.229. The summed E-state index contributed by atoms with van der Waals surface area (Å²) in [5.41, 5.74) is 2.71. The van der Waals surface area contributed by atoms with Crippen molar-refractivity contribution in [1.29, 1.82) is 0 Å². The van der Waals surface area contributed by atoms with Gasteiger partial charge in [0.15, 0.2) is 0 Å². The van der Waals surface area contributed by atoms with Gasteiger partial charge in [-0.15, -0.1) is 22.7 Å². The summed E-state index contributed by atoms with van der Waals surface area (Å²) in [5, 5.41) is 0.958. The number of unbranched alkanes of at least 4 members (excludes halogenated alkanes) is 8. The van der Waals surface area contributed by atoms with Crippen LogP contribution in [0, 0.1) is 0 Å². The smallest absolute Gasteiger partial charge is 0.0770 e. The third-order valence-electron chi connectivity index (χ3n) is 5.67. The number of benzene rings is 1. The largest absolute Gasteiger partial charge is 0.138 e. The summed E-state index contributed by atoms with van der Waals surface area (Å²) in [6.45, 7) is 4.54. The van der Waals surface area contributed by atoms with Crippen LogP contribution in [0.4, 0.5) is 0 Å². The zero-order valence-electron chi connectivity index (χ0n) is 18.1. The summed E-state index contributed by atoms with van der Waals surface area (Å²) in [4.78, 5) is 2.73. The van der Waals surface area contributed by atoms with Gasteiger partial charge in [-0.1, -0.05) is 101 Å². The molecule has 0 atom stereocenters. The molecule has 0 saturated carbocycles. The summed E-state index contributed by atoms with van der Waals surface area (Å²) < 4.78 is 2.65. The van der Waals surface area contributed by atoms with Crippen molar-refractivity contribution in [2.45, 2.75) is 90.9 Å². The lowest BCUT2D eigenvalue weighted by molar-refractivity contribution is 0.632. The molecular formula is C26H35ClS2. The van der Waals surface area contributed by atoms with Crippen LogP contribution in [0.2, 0.25) is 5.02 Å². The summed E-state index contributed by atoms with van der Waals surface area (Å²) in [6, 6.07) is 11.5. The first kappa shape index (κ1) is 22.8. The van der Waals surface area contributed by atoms with Crippen molar-refractivity contribution in [3.05, 3.63) is 45.8 Å². The fourth-order valence-electron chi connectivity index (χ4n) is 3.88. The van der Waals surface area contributed by atoms with Crippen LogP contribution in [0.25, 0.3) is 19.8 Å². The fraction of sp³-hybridized carbons (Fsp3) is 0.538. The maximum Gasteiger partial charge on any atom is 0.0770 e. The van der Waals surface area contributed by atoms with E-state index < -0.39 is 0 Å². The van der Waals surface area contributed by atoms with E-state index in [0.717, 1.165) is 5.02 Å². The van der Waals surface area contributed by atoms with Crippen molar-refractivity contribution in [3.63, 3.8) is 0 Å². The van der Waals surface area contributed by atoms with E-state index in [-0.39, 0.29) is 0 Å². The second kappa shape index (κ2) is 12.1. The van der Waals surface area contributed by atoms with Gasteiger partial charge in [0, 0.05) is 9.58 Å². The molecule has 3 aromatic rings. The van der Waals surface area contributed by atoms with Gasteiger partial charge in [-0.2, -0.15) is 0 Å². The molecule has 3 heteroatoms. The van der Waals surface area contributed by atoms with Gasteiger partial charge in [0.2, 0.25) is 0 Å². The van der Waals surface area contributed by atoms with Crippen LogP contribution in [0.1, 0.15) is 88.5 Å². The lowest BCUT2D eigenvalue weighted by Crippen LogP contribution is -1.86. The molecule has 1 aromatic carbocycles. The van der Waals surface area contributed by atoms with Crippen LogP contribution in [-0.4, -0.2) is 0 Å². The Hall–Kier alpha value is -0.830. The molecular weight excluding hydrogens is 412 g/mol. The Morgan fingerprint density at radius 2 is 1.34 bits per heavy atom. The number of halogens is 1. The van der Waals surface area contributed by atoms with Gasteiger partial charge in [0.25, 0.3) is 0 Å². The molecule has 0 N–H and O–H groups in total. The summed E-state index contributed by atoms with van der Waals surface area (Å²) in [6.07, 6.45) is 15.8. The van der Waals surface area contributed by atoms with Crippen LogP contribution >= 0.6 is 34.3 Å². The van der Waals surface area contributed by atoms with E-state index in [1.165, 1.54) is 107 Å². The first-order chi connectivity index (χ1) is 14.2. The van der Waals surface area contributed by atoms with Gasteiger partial charge in [-0.25, -0.2) is 0 Å². The highest BCUT2D eigenvalue weighted by Gasteiger charge is 2.15. The molecule has 0 nitrogen and oxygen atoms in total. The molecule has 0 bridgehead atoms. The first-order valence-electron chi connectivity index (χ1n) is 11.5. The van der Waals surface area contributed by atoms with E-state index in [4.69, 9.17) is 11.6 Å². The SMILES string of the molecule is CCCCCCCc1ccc(-c2sc3cc(CCCCCCC)sc3c2Cl)cc1. The minimum Gasteiger partial charge on any atom is -0.138 e. The number of fused-ring (bicyclic) bond motifs is 1. The minimum absolute atomic E-state index is 0.958. The molecule has 0 saturated heterocycles. The Morgan fingerprint density at radius 3 is 1.97 bits per heavy atom. The predicted molar refractivity (Wildman–Crippen MR) is 135 cm³/mol. The summed E-state index contributed by atoms with van der Waals surface area (Å²) in [5.74, 6) is 0. The molecule has 0 aliphatic rings. The Bertz CT molecular complexity index is 857. The lowest BCUT2D eigenvalue weighted by Gasteiger charge is -2.04. The Labute approximate surface area is 190 Å². The van der Waals surface area contributed by atoms with Gasteiger partial charge in [0.1, 0.15) is 0 Å². The van der Waals surface area contributed by atoms with Crippen LogP contribution < -0.4 is 0 Å². The molecule has 0 unspecified atom stereocenters. The number of aryl methyl sites for hydroxylation is 2. The molecule has 0 radical (unpaired) electrons. The number of thiophene rings is 2. The van der Waals surface area contributed by atoms with E-state index in [1.54, 1.807) is 0 Å². The lowest BCUT2D eigenvalue weighted by atomic mass is 10.0. The van der Waals surface area contributed by atoms with Crippen LogP contribution in [0.15, 0.2) is 30.3 Å². The molecule has 0 spiro atoms. The molecule has 158 valence electrons. The monoisotopic (exact) mass is 446 g/mol. The van der Waals surface area contributed by atoms with Crippen LogP contribution in [-0.2, 0) is 12.8 Å². The third-order valence-corrected chi connectivity index (χ3v) is 8.80. The van der Waals surface area contributed by atoms with Gasteiger partial charge < -0.3 is 0 Å². The van der Waals surface area contributed by atoms with E-state index in [0.29, 0.717) is 0 Å². The van der Waals surface area contributed by atoms with Crippen molar-refractivity contribution < 1.29 is 0 Å². The van der Waals surface area contributed by atoms with E-state index >= 15 is 0 Å². The highest BCUT2D eigenvalue weighted by atomic mass is 35.5. The molecule has 0 aliphatic carbocycles. The van der Waals surface area contributed by atoms with Crippen LogP contribution in [0.3, 0.4) is 0 Å². The standard InChI is InChI=1S/C26H35ClS2/c1-3-5-7-9-11-13-20-15-17-21(18-16-20)25-24(27)26-23(29-25)19-22(28-26)14-12-10-8-6-4-2/h15-19H,3-14H2,1-2H3.